The summed E-state index contributed by atoms with van der Waals surface area (Å²) in [6.45, 7) is 1.58. The van der Waals surface area contributed by atoms with Gasteiger partial charge in [0.05, 0.1) is 17.4 Å². The molecule has 3 heterocycles. The fourth-order valence-corrected chi connectivity index (χ4v) is 6.09. The predicted molar refractivity (Wildman–Crippen MR) is 160 cm³/mol. The number of fused-ring (bicyclic) bond motifs is 1. The van der Waals surface area contributed by atoms with E-state index in [1.165, 1.54) is 0 Å². The maximum Gasteiger partial charge on any atom is 0.417 e. The van der Waals surface area contributed by atoms with Crippen LogP contribution in [0.1, 0.15) is 55.7 Å². The third-order valence-electron chi connectivity index (χ3n) is 7.49. The maximum absolute atomic E-state index is 13.9. The Hall–Kier alpha value is -4.20. The largest absolute Gasteiger partial charge is 0.417 e. The van der Waals surface area contributed by atoms with E-state index < -0.39 is 23.8 Å². The highest BCUT2D eigenvalue weighted by Crippen LogP contribution is 2.43. The number of alkyl halides is 3. The Kier molecular flexibility index (Phi) is 8.85. The second kappa shape index (κ2) is 12.6. The van der Waals surface area contributed by atoms with E-state index in [9.17, 15) is 27.9 Å². The number of hydrogen-bond donors (Lipinski definition) is 5. The Labute approximate surface area is 249 Å². The molecule has 7 N–H and O–H groups in total. The van der Waals surface area contributed by atoms with Crippen molar-refractivity contribution in [3.05, 3.63) is 87.8 Å². The molecule has 0 spiro atoms. The number of nitrogens with one attached hydrogen (secondary N) is 2. The number of halogens is 3. The van der Waals surface area contributed by atoms with Gasteiger partial charge in [0.2, 0.25) is 0 Å². The Morgan fingerprint density at radius 2 is 1.77 bits per heavy atom. The highest BCUT2D eigenvalue weighted by molar-refractivity contribution is 7.21. The van der Waals surface area contributed by atoms with Gasteiger partial charge in [-0.3, -0.25) is 9.59 Å². The molecular weight excluding hydrogens is 581 g/mol. The Bertz CT molecular complexity index is 1600. The lowest BCUT2D eigenvalue weighted by Crippen LogP contribution is -2.44. The number of benzene rings is 2. The summed E-state index contributed by atoms with van der Waals surface area (Å²) in [6.07, 6.45) is -4.26. The van der Waals surface area contributed by atoms with E-state index in [1.807, 2.05) is 30.3 Å². The SMILES string of the molecule is NC(=O)c1sc2nc(N3CCC(NCC(O)c4ccc(C(=O)NCc5ccccc5)cc4)CC3)cc(C(F)(F)F)c2c1N. The van der Waals surface area contributed by atoms with Crippen molar-refractivity contribution in [1.82, 2.24) is 15.6 Å². The van der Waals surface area contributed by atoms with Crippen molar-refractivity contribution < 1.29 is 27.9 Å². The number of aromatic nitrogens is 1. The zero-order valence-corrected chi connectivity index (χ0v) is 23.8. The van der Waals surface area contributed by atoms with Gasteiger partial charge < -0.3 is 32.1 Å². The molecule has 2 aromatic heterocycles. The van der Waals surface area contributed by atoms with E-state index in [0.29, 0.717) is 43.6 Å². The minimum atomic E-state index is -4.69. The van der Waals surface area contributed by atoms with Crippen LogP contribution in [0.5, 0.6) is 0 Å². The molecule has 5 rings (SSSR count). The van der Waals surface area contributed by atoms with Crippen LogP contribution in [0.3, 0.4) is 0 Å². The average molecular weight is 613 g/mol. The van der Waals surface area contributed by atoms with Crippen LogP contribution in [0.2, 0.25) is 0 Å². The number of carbonyl (C=O) groups is 2. The summed E-state index contributed by atoms with van der Waals surface area (Å²) >= 11 is 0.754. The summed E-state index contributed by atoms with van der Waals surface area (Å²) in [5.74, 6) is -0.949. The monoisotopic (exact) mass is 612 g/mol. The van der Waals surface area contributed by atoms with Crippen LogP contribution >= 0.6 is 11.3 Å². The van der Waals surface area contributed by atoms with Crippen LogP contribution in [0.15, 0.2) is 60.7 Å². The normalized spacial score (nSPS) is 15.0. The second-order valence-corrected chi connectivity index (χ2v) is 11.4. The van der Waals surface area contributed by atoms with Crippen LogP contribution in [0.4, 0.5) is 24.7 Å². The molecule has 2 amide bonds. The number of nitrogen functional groups attached to an aromatic ring is 1. The molecule has 226 valence electrons. The lowest BCUT2D eigenvalue weighted by atomic mass is 10.0. The molecular formula is C30H31F3N6O3S. The molecule has 1 saturated heterocycles. The van der Waals surface area contributed by atoms with Crippen LogP contribution in [-0.2, 0) is 12.7 Å². The number of rotatable bonds is 9. The summed E-state index contributed by atoms with van der Waals surface area (Å²) in [6, 6.07) is 17.4. The first-order valence-electron chi connectivity index (χ1n) is 13.7. The summed E-state index contributed by atoms with van der Waals surface area (Å²) in [7, 11) is 0. The van der Waals surface area contributed by atoms with Crippen molar-refractivity contribution in [2.75, 3.05) is 30.3 Å². The quantitative estimate of drug-likeness (QED) is 0.190. The molecule has 4 aromatic rings. The van der Waals surface area contributed by atoms with Crippen molar-refractivity contribution in [1.29, 1.82) is 0 Å². The molecule has 9 nitrogen and oxygen atoms in total. The number of aliphatic hydroxyl groups excluding tert-OH is 1. The first kappa shape index (κ1) is 30.3. The fourth-order valence-electron chi connectivity index (χ4n) is 5.12. The van der Waals surface area contributed by atoms with Gasteiger partial charge in [-0.1, -0.05) is 42.5 Å². The van der Waals surface area contributed by atoms with E-state index in [4.69, 9.17) is 11.5 Å². The highest BCUT2D eigenvalue weighted by Gasteiger charge is 2.37. The fraction of sp³-hybridized carbons (Fsp3) is 0.300. The van der Waals surface area contributed by atoms with Crippen molar-refractivity contribution in [3.63, 3.8) is 0 Å². The van der Waals surface area contributed by atoms with Gasteiger partial charge >= 0.3 is 6.18 Å². The third kappa shape index (κ3) is 6.90. The molecule has 1 fully saturated rings. The number of carbonyl (C=O) groups excluding carboxylic acids is 2. The van der Waals surface area contributed by atoms with Gasteiger partial charge in [-0.2, -0.15) is 13.2 Å². The summed E-state index contributed by atoms with van der Waals surface area (Å²) < 4.78 is 41.8. The number of thiophene rings is 1. The van der Waals surface area contributed by atoms with Gasteiger partial charge in [0.25, 0.3) is 11.8 Å². The van der Waals surface area contributed by atoms with Gasteiger partial charge in [0.1, 0.15) is 15.5 Å². The van der Waals surface area contributed by atoms with Gasteiger partial charge in [-0.15, -0.1) is 11.3 Å². The predicted octanol–water partition coefficient (Wildman–Crippen LogP) is 4.22. The Morgan fingerprint density at radius 3 is 2.40 bits per heavy atom. The number of primary amides is 1. The molecule has 0 bridgehead atoms. The summed E-state index contributed by atoms with van der Waals surface area (Å²) in [5.41, 5.74) is 12.0. The van der Waals surface area contributed by atoms with E-state index >= 15 is 0 Å². The lowest BCUT2D eigenvalue weighted by Gasteiger charge is -2.34. The molecule has 0 aliphatic carbocycles. The van der Waals surface area contributed by atoms with Crippen molar-refractivity contribution in [2.24, 2.45) is 5.73 Å². The molecule has 1 atom stereocenters. The number of hydrogen-bond acceptors (Lipinski definition) is 8. The average Bonchev–Trinajstić information content (AvgIpc) is 3.35. The second-order valence-electron chi connectivity index (χ2n) is 10.4. The molecule has 0 radical (unpaired) electrons. The molecule has 2 aromatic carbocycles. The lowest BCUT2D eigenvalue weighted by molar-refractivity contribution is -0.136. The van der Waals surface area contributed by atoms with Gasteiger partial charge in [-0.25, -0.2) is 4.98 Å². The van der Waals surface area contributed by atoms with Crippen LogP contribution < -0.4 is 27.0 Å². The number of pyridine rings is 1. The maximum atomic E-state index is 13.9. The third-order valence-corrected chi connectivity index (χ3v) is 8.60. The number of nitrogens with zero attached hydrogens (tertiary/aromatic N) is 2. The standard InChI is InChI=1S/C30H31F3N6O3S/c31-30(32,33)21-14-23(38-29-24(21)25(34)26(43-29)27(35)41)39-12-10-20(11-13-39)36-16-22(40)18-6-8-19(9-7-18)28(42)37-15-17-4-2-1-3-5-17/h1-9,14,20,22,36,40H,10-13,15-16,34H2,(H2,35,41)(H,37,42). The minimum Gasteiger partial charge on any atom is -0.397 e. The zero-order chi connectivity index (χ0) is 30.7. The summed E-state index contributed by atoms with van der Waals surface area (Å²) in [4.78, 5) is 30.2. The molecule has 13 heteroatoms. The van der Waals surface area contributed by atoms with E-state index in [-0.39, 0.29) is 45.1 Å². The number of nitrogens with two attached hydrogens (primary N) is 2. The van der Waals surface area contributed by atoms with Gasteiger partial charge in [0.15, 0.2) is 0 Å². The van der Waals surface area contributed by atoms with Crippen LogP contribution in [0, 0.1) is 0 Å². The minimum absolute atomic E-state index is 0.0131. The molecule has 1 aliphatic rings. The first-order valence-corrected chi connectivity index (χ1v) is 14.5. The summed E-state index contributed by atoms with van der Waals surface area (Å²) in [5, 5.41) is 16.6. The zero-order valence-electron chi connectivity index (χ0n) is 23.0. The highest BCUT2D eigenvalue weighted by atomic mass is 32.1. The molecule has 0 saturated carbocycles. The number of piperidine rings is 1. The van der Waals surface area contributed by atoms with Gasteiger partial charge in [0, 0.05) is 43.2 Å². The number of amides is 2. The van der Waals surface area contributed by atoms with E-state index in [0.717, 1.165) is 23.0 Å². The van der Waals surface area contributed by atoms with Crippen molar-refractivity contribution >= 4 is 44.9 Å². The van der Waals surface area contributed by atoms with Crippen molar-refractivity contribution in [2.45, 2.75) is 37.7 Å². The van der Waals surface area contributed by atoms with E-state index in [2.05, 4.69) is 15.6 Å². The number of aliphatic hydroxyl groups is 1. The molecule has 1 aliphatic heterocycles. The smallest absolute Gasteiger partial charge is 0.397 e. The topological polar surface area (TPSA) is 147 Å². The Morgan fingerprint density at radius 1 is 1.09 bits per heavy atom. The first-order chi connectivity index (χ1) is 20.5. The molecule has 43 heavy (non-hydrogen) atoms. The molecule has 1 unspecified atom stereocenters. The van der Waals surface area contributed by atoms with Crippen LogP contribution in [0.25, 0.3) is 10.2 Å². The Balaban J connectivity index is 1.15. The van der Waals surface area contributed by atoms with Gasteiger partial charge in [-0.05, 0) is 42.2 Å². The number of anilines is 2. The van der Waals surface area contributed by atoms with Crippen LogP contribution in [-0.4, -0.2) is 47.6 Å². The van der Waals surface area contributed by atoms with E-state index in [1.54, 1.807) is 29.2 Å². The van der Waals surface area contributed by atoms with Crippen molar-refractivity contribution in [3.8, 4) is 0 Å².